The van der Waals surface area contributed by atoms with Gasteiger partial charge in [-0.2, -0.15) is 13.2 Å². The van der Waals surface area contributed by atoms with Crippen LogP contribution in [-0.2, 0) is 0 Å². The Labute approximate surface area is 114 Å². The van der Waals surface area contributed by atoms with Crippen LogP contribution in [0.25, 0.3) is 0 Å². The van der Waals surface area contributed by atoms with Crippen molar-refractivity contribution in [1.29, 1.82) is 0 Å². The highest BCUT2D eigenvalue weighted by Crippen LogP contribution is 2.36. The fourth-order valence-electron chi connectivity index (χ4n) is 2.45. The van der Waals surface area contributed by atoms with Crippen molar-refractivity contribution in [2.45, 2.75) is 19.0 Å². The molecule has 110 valence electrons. The number of anilines is 2. The van der Waals surface area contributed by atoms with Crippen LogP contribution in [0, 0.1) is 5.92 Å². The SMILES string of the molecule is Nc1ccc(N2CCC(C(F)(F)F)CC2)c(C(=O)O)c1. The molecule has 1 heterocycles. The number of alkyl halides is 3. The number of halogens is 3. The maximum absolute atomic E-state index is 12.6. The largest absolute Gasteiger partial charge is 0.478 e. The summed E-state index contributed by atoms with van der Waals surface area (Å²) in [4.78, 5) is 12.8. The number of aromatic carboxylic acids is 1. The summed E-state index contributed by atoms with van der Waals surface area (Å²) in [7, 11) is 0. The third-order valence-electron chi connectivity index (χ3n) is 3.55. The maximum Gasteiger partial charge on any atom is 0.391 e. The molecule has 0 amide bonds. The van der Waals surface area contributed by atoms with E-state index in [9.17, 15) is 18.0 Å². The third-order valence-corrected chi connectivity index (χ3v) is 3.55. The van der Waals surface area contributed by atoms with Crippen molar-refractivity contribution in [3.63, 3.8) is 0 Å². The van der Waals surface area contributed by atoms with Gasteiger partial charge in [0, 0.05) is 18.8 Å². The summed E-state index contributed by atoms with van der Waals surface area (Å²) in [6, 6.07) is 4.43. The molecule has 1 saturated heterocycles. The van der Waals surface area contributed by atoms with Gasteiger partial charge in [0.1, 0.15) is 0 Å². The van der Waals surface area contributed by atoms with Gasteiger partial charge in [0.2, 0.25) is 0 Å². The number of carboxylic acid groups (broad SMARTS) is 1. The van der Waals surface area contributed by atoms with E-state index in [1.807, 2.05) is 0 Å². The van der Waals surface area contributed by atoms with Gasteiger partial charge in [-0.15, -0.1) is 0 Å². The van der Waals surface area contributed by atoms with Crippen molar-refractivity contribution in [1.82, 2.24) is 0 Å². The van der Waals surface area contributed by atoms with Gasteiger partial charge in [-0.1, -0.05) is 0 Å². The third kappa shape index (κ3) is 2.97. The second-order valence-electron chi connectivity index (χ2n) is 4.88. The van der Waals surface area contributed by atoms with E-state index in [2.05, 4.69) is 0 Å². The van der Waals surface area contributed by atoms with Crippen molar-refractivity contribution < 1.29 is 23.1 Å². The number of nitrogens with two attached hydrogens (primary N) is 1. The summed E-state index contributed by atoms with van der Waals surface area (Å²) >= 11 is 0. The lowest BCUT2D eigenvalue weighted by Crippen LogP contribution is -2.39. The first-order valence-corrected chi connectivity index (χ1v) is 6.23. The average Bonchev–Trinajstić information content (AvgIpc) is 2.37. The van der Waals surface area contributed by atoms with E-state index in [0.29, 0.717) is 11.4 Å². The first kappa shape index (κ1) is 14.5. The van der Waals surface area contributed by atoms with Gasteiger partial charge >= 0.3 is 12.1 Å². The number of carboxylic acids is 1. The minimum absolute atomic E-state index is 0.0209. The molecular weight excluding hydrogens is 273 g/mol. The van der Waals surface area contributed by atoms with Crippen LogP contribution in [0.15, 0.2) is 18.2 Å². The highest BCUT2D eigenvalue weighted by atomic mass is 19.4. The molecule has 1 aliphatic heterocycles. The Hall–Kier alpha value is -1.92. The van der Waals surface area contributed by atoms with E-state index >= 15 is 0 Å². The molecule has 0 unspecified atom stereocenters. The molecule has 1 fully saturated rings. The van der Waals surface area contributed by atoms with E-state index in [1.165, 1.54) is 6.07 Å². The first-order valence-electron chi connectivity index (χ1n) is 6.23. The van der Waals surface area contributed by atoms with Gasteiger partial charge in [-0.05, 0) is 31.0 Å². The maximum atomic E-state index is 12.6. The molecule has 4 nitrogen and oxygen atoms in total. The number of nitrogens with zero attached hydrogens (tertiary/aromatic N) is 1. The molecule has 1 aromatic rings. The molecule has 0 atom stereocenters. The van der Waals surface area contributed by atoms with Crippen molar-refractivity contribution in [2.75, 3.05) is 23.7 Å². The van der Waals surface area contributed by atoms with Crippen LogP contribution >= 0.6 is 0 Å². The standard InChI is InChI=1S/C13H15F3N2O2/c14-13(15,16)8-3-5-18(6-4-8)11-2-1-9(17)7-10(11)12(19)20/h1-2,7-8H,3-6,17H2,(H,19,20). The summed E-state index contributed by atoms with van der Waals surface area (Å²) in [6.07, 6.45) is -4.22. The van der Waals surface area contributed by atoms with Gasteiger partial charge < -0.3 is 15.7 Å². The Morgan fingerprint density at radius 2 is 1.90 bits per heavy atom. The first-order chi connectivity index (χ1) is 9.29. The Morgan fingerprint density at radius 1 is 1.30 bits per heavy atom. The van der Waals surface area contributed by atoms with Gasteiger partial charge in [0.05, 0.1) is 17.2 Å². The van der Waals surface area contributed by atoms with E-state index in [-0.39, 0.29) is 31.5 Å². The Bertz CT molecular complexity index is 509. The Morgan fingerprint density at radius 3 is 2.40 bits per heavy atom. The molecule has 0 bridgehead atoms. The molecule has 7 heteroatoms. The molecule has 3 N–H and O–H groups in total. The smallest absolute Gasteiger partial charge is 0.391 e. The highest BCUT2D eigenvalue weighted by molar-refractivity contribution is 5.95. The molecule has 1 aliphatic rings. The van der Waals surface area contributed by atoms with Gasteiger partial charge in [0.25, 0.3) is 0 Å². The lowest BCUT2D eigenvalue weighted by atomic mass is 9.95. The minimum Gasteiger partial charge on any atom is -0.478 e. The summed E-state index contributed by atoms with van der Waals surface area (Å²) in [5, 5.41) is 9.14. The fourth-order valence-corrected chi connectivity index (χ4v) is 2.45. The van der Waals surface area contributed by atoms with Crippen LogP contribution in [0.5, 0.6) is 0 Å². The number of piperidine rings is 1. The summed E-state index contributed by atoms with van der Waals surface area (Å²) in [5.74, 6) is -2.44. The van der Waals surface area contributed by atoms with E-state index in [4.69, 9.17) is 10.8 Å². The predicted molar refractivity (Wildman–Crippen MR) is 68.8 cm³/mol. The average molecular weight is 288 g/mol. The molecule has 20 heavy (non-hydrogen) atoms. The number of hydrogen-bond acceptors (Lipinski definition) is 3. The number of benzene rings is 1. The monoisotopic (exact) mass is 288 g/mol. The second kappa shape index (κ2) is 5.22. The van der Waals surface area contributed by atoms with Crippen molar-refractivity contribution in [3.8, 4) is 0 Å². The van der Waals surface area contributed by atoms with Crippen molar-refractivity contribution >= 4 is 17.3 Å². The summed E-state index contributed by atoms with van der Waals surface area (Å²) in [5.41, 5.74) is 6.31. The molecule has 0 spiro atoms. The molecule has 1 aromatic carbocycles. The quantitative estimate of drug-likeness (QED) is 0.821. The van der Waals surface area contributed by atoms with E-state index in [0.717, 1.165) is 0 Å². The van der Waals surface area contributed by atoms with Gasteiger partial charge in [0.15, 0.2) is 0 Å². The van der Waals surface area contributed by atoms with Crippen LogP contribution in [0.3, 0.4) is 0 Å². The fraction of sp³-hybridized carbons (Fsp3) is 0.462. The molecule has 0 saturated carbocycles. The Kier molecular flexibility index (Phi) is 3.78. The van der Waals surface area contributed by atoms with Crippen LogP contribution in [0.4, 0.5) is 24.5 Å². The topological polar surface area (TPSA) is 66.6 Å². The van der Waals surface area contributed by atoms with E-state index < -0.39 is 18.1 Å². The second-order valence-corrected chi connectivity index (χ2v) is 4.88. The summed E-state index contributed by atoms with van der Waals surface area (Å²) in [6.45, 7) is 0.378. The molecule has 2 rings (SSSR count). The van der Waals surface area contributed by atoms with Crippen molar-refractivity contribution in [2.24, 2.45) is 5.92 Å². The zero-order valence-corrected chi connectivity index (χ0v) is 10.7. The minimum atomic E-state index is -4.18. The normalized spacial score (nSPS) is 17.2. The molecule has 0 aromatic heterocycles. The van der Waals surface area contributed by atoms with Crippen LogP contribution in [-0.4, -0.2) is 30.3 Å². The molecule has 0 radical (unpaired) electrons. The zero-order valence-electron chi connectivity index (χ0n) is 10.7. The lowest BCUT2D eigenvalue weighted by molar-refractivity contribution is -0.179. The van der Waals surface area contributed by atoms with Crippen LogP contribution in [0.1, 0.15) is 23.2 Å². The van der Waals surface area contributed by atoms with Crippen LogP contribution < -0.4 is 10.6 Å². The summed E-state index contributed by atoms with van der Waals surface area (Å²) < 4.78 is 37.8. The number of nitrogen functional groups attached to an aromatic ring is 1. The number of carbonyl (C=O) groups is 1. The lowest BCUT2D eigenvalue weighted by Gasteiger charge is -2.35. The molecule has 0 aliphatic carbocycles. The Balaban J connectivity index is 2.17. The van der Waals surface area contributed by atoms with Crippen molar-refractivity contribution in [3.05, 3.63) is 23.8 Å². The van der Waals surface area contributed by atoms with Gasteiger partial charge in [-0.3, -0.25) is 0 Å². The predicted octanol–water partition coefficient (Wildman–Crippen LogP) is 2.75. The number of rotatable bonds is 2. The highest BCUT2D eigenvalue weighted by Gasteiger charge is 2.41. The number of hydrogen-bond donors (Lipinski definition) is 2. The van der Waals surface area contributed by atoms with E-state index in [1.54, 1.807) is 17.0 Å². The molecular formula is C13H15F3N2O2. The van der Waals surface area contributed by atoms with Crippen LogP contribution in [0.2, 0.25) is 0 Å². The zero-order chi connectivity index (χ0) is 14.9. The van der Waals surface area contributed by atoms with Gasteiger partial charge in [-0.25, -0.2) is 4.79 Å².